The van der Waals surface area contributed by atoms with Crippen molar-refractivity contribution in [3.63, 3.8) is 0 Å². The molecule has 20 heavy (non-hydrogen) atoms. The molecule has 1 aliphatic rings. The van der Waals surface area contributed by atoms with Gasteiger partial charge in [0, 0.05) is 12.6 Å². The van der Waals surface area contributed by atoms with Crippen LogP contribution in [-0.4, -0.2) is 38.5 Å². The van der Waals surface area contributed by atoms with Crippen LogP contribution in [-0.2, 0) is 10.0 Å². The molecule has 1 aromatic carbocycles. The zero-order valence-electron chi connectivity index (χ0n) is 11.8. The minimum Gasteiger partial charge on any atom is -0.494 e. The van der Waals surface area contributed by atoms with E-state index < -0.39 is 10.0 Å². The summed E-state index contributed by atoms with van der Waals surface area (Å²) in [6.45, 7) is 3.69. The molecule has 1 atom stereocenters. The van der Waals surface area contributed by atoms with E-state index >= 15 is 0 Å². The van der Waals surface area contributed by atoms with Crippen LogP contribution in [0.2, 0.25) is 0 Å². The molecule has 0 spiro atoms. The molecule has 0 aliphatic carbocycles. The number of nitrogens with two attached hydrogens (primary N) is 1. The molecule has 1 fully saturated rings. The fourth-order valence-corrected chi connectivity index (χ4v) is 4.08. The maximum absolute atomic E-state index is 12.5. The number of sulfonamides is 1. The number of rotatable bonds is 6. The smallest absolute Gasteiger partial charge is 0.243 e. The summed E-state index contributed by atoms with van der Waals surface area (Å²) in [6.07, 6.45) is 2.64. The molecule has 2 rings (SSSR count). The lowest BCUT2D eigenvalue weighted by molar-refractivity contribution is 0.313. The van der Waals surface area contributed by atoms with Crippen LogP contribution >= 0.6 is 0 Å². The average molecular weight is 298 g/mol. The molecule has 1 aromatic rings. The largest absolute Gasteiger partial charge is 0.494 e. The Hall–Kier alpha value is -1.11. The lowest BCUT2D eigenvalue weighted by atomic mass is 10.3. The first-order valence-corrected chi connectivity index (χ1v) is 8.44. The van der Waals surface area contributed by atoms with Crippen molar-refractivity contribution in [2.45, 2.75) is 37.1 Å². The molecule has 112 valence electrons. The quantitative estimate of drug-likeness (QED) is 0.809. The molecule has 1 saturated heterocycles. The van der Waals surface area contributed by atoms with Crippen molar-refractivity contribution < 1.29 is 13.2 Å². The normalized spacial score (nSPS) is 20.2. The van der Waals surface area contributed by atoms with E-state index in [0.29, 0.717) is 30.3 Å². The molecule has 2 N–H and O–H groups in total. The van der Waals surface area contributed by atoms with E-state index in [0.717, 1.165) is 19.3 Å². The van der Waals surface area contributed by atoms with E-state index in [1.807, 2.05) is 6.92 Å². The third kappa shape index (κ3) is 3.31. The third-order valence-corrected chi connectivity index (χ3v) is 5.57. The van der Waals surface area contributed by atoms with Crippen LogP contribution in [0, 0.1) is 0 Å². The Morgan fingerprint density at radius 3 is 2.60 bits per heavy atom. The van der Waals surface area contributed by atoms with E-state index in [2.05, 4.69) is 0 Å². The minimum absolute atomic E-state index is 0.0838. The highest BCUT2D eigenvalue weighted by Crippen LogP contribution is 2.26. The van der Waals surface area contributed by atoms with Crippen LogP contribution in [0.3, 0.4) is 0 Å². The fourth-order valence-electron chi connectivity index (χ4n) is 2.38. The van der Waals surface area contributed by atoms with Gasteiger partial charge in [-0.05, 0) is 57.0 Å². The molecular weight excluding hydrogens is 276 g/mol. The molecule has 1 heterocycles. The first kappa shape index (κ1) is 15.3. The van der Waals surface area contributed by atoms with Gasteiger partial charge in [-0.15, -0.1) is 0 Å². The fraction of sp³-hybridized carbons (Fsp3) is 0.571. The van der Waals surface area contributed by atoms with Crippen molar-refractivity contribution in [2.75, 3.05) is 19.7 Å². The van der Waals surface area contributed by atoms with Crippen LogP contribution < -0.4 is 10.5 Å². The highest BCUT2D eigenvalue weighted by atomic mass is 32.2. The zero-order chi connectivity index (χ0) is 14.6. The Kier molecular flexibility index (Phi) is 5.01. The first-order chi connectivity index (χ1) is 9.55. The summed E-state index contributed by atoms with van der Waals surface area (Å²) >= 11 is 0. The number of ether oxygens (including phenoxy) is 1. The van der Waals surface area contributed by atoms with Gasteiger partial charge in [-0.25, -0.2) is 8.42 Å². The molecule has 0 aromatic heterocycles. The highest BCUT2D eigenvalue weighted by Gasteiger charge is 2.32. The predicted octanol–water partition coefficient (Wildman–Crippen LogP) is 1.59. The van der Waals surface area contributed by atoms with Crippen molar-refractivity contribution in [1.82, 2.24) is 4.31 Å². The third-order valence-electron chi connectivity index (χ3n) is 3.54. The molecule has 1 unspecified atom stereocenters. The van der Waals surface area contributed by atoms with Gasteiger partial charge >= 0.3 is 0 Å². The van der Waals surface area contributed by atoms with Gasteiger partial charge in [0.2, 0.25) is 10.0 Å². The van der Waals surface area contributed by atoms with Crippen LogP contribution in [0.25, 0.3) is 0 Å². The van der Waals surface area contributed by atoms with E-state index in [9.17, 15) is 8.42 Å². The second-order valence-electron chi connectivity index (χ2n) is 5.07. The number of nitrogens with zero attached hydrogens (tertiary/aromatic N) is 1. The summed E-state index contributed by atoms with van der Waals surface area (Å²) < 4.78 is 32.0. The summed E-state index contributed by atoms with van der Waals surface area (Å²) in [5.74, 6) is 0.673. The summed E-state index contributed by atoms with van der Waals surface area (Å²) in [7, 11) is -3.37. The van der Waals surface area contributed by atoms with Gasteiger partial charge in [0.25, 0.3) is 0 Å². The van der Waals surface area contributed by atoms with Gasteiger partial charge in [-0.1, -0.05) is 0 Å². The van der Waals surface area contributed by atoms with Gasteiger partial charge in [-0.2, -0.15) is 4.31 Å². The molecule has 5 nitrogen and oxygen atoms in total. The topological polar surface area (TPSA) is 72.6 Å². The Balaban J connectivity index is 2.09. The van der Waals surface area contributed by atoms with E-state index in [4.69, 9.17) is 10.5 Å². The van der Waals surface area contributed by atoms with Gasteiger partial charge in [0.05, 0.1) is 11.5 Å². The standard InChI is InChI=1S/C14H22N2O3S/c1-12-4-2-10-16(12)20(17,18)14-7-5-13(6-8-14)19-11-3-9-15/h5-8,12H,2-4,9-11,15H2,1H3. The van der Waals surface area contributed by atoms with Gasteiger partial charge < -0.3 is 10.5 Å². The SMILES string of the molecule is CC1CCCN1S(=O)(=O)c1ccc(OCCCN)cc1. The van der Waals surface area contributed by atoms with Crippen molar-refractivity contribution in [3.05, 3.63) is 24.3 Å². The molecule has 0 saturated carbocycles. The predicted molar refractivity (Wildman–Crippen MR) is 78.2 cm³/mol. The van der Waals surface area contributed by atoms with Gasteiger partial charge in [-0.3, -0.25) is 0 Å². The van der Waals surface area contributed by atoms with Gasteiger partial charge in [0.1, 0.15) is 5.75 Å². The summed E-state index contributed by atoms with van der Waals surface area (Å²) in [5, 5.41) is 0. The molecule has 6 heteroatoms. The maximum atomic E-state index is 12.5. The Morgan fingerprint density at radius 2 is 2.05 bits per heavy atom. The summed E-state index contributed by atoms with van der Waals surface area (Å²) in [4.78, 5) is 0.331. The molecule has 0 amide bonds. The summed E-state index contributed by atoms with van der Waals surface area (Å²) in [5.41, 5.74) is 5.39. The monoisotopic (exact) mass is 298 g/mol. The molecule has 0 radical (unpaired) electrons. The highest BCUT2D eigenvalue weighted by molar-refractivity contribution is 7.89. The van der Waals surface area contributed by atoms with Crippen molar-refractivity contribution in [1.29, 1.82) is 0 Å². The zero-order valence-corrected chi connectivity index (χ0v) is 12.6. The van der Waals surface area contributed by atoms with E-state index in [1.165, 1.54) is 0 Å². The molecule has 1 aliphatic heterocycles. The second kappa shape index (κ2) is 6.56. The van der Waals surface area contributed by atoms with Crippen molar-refractivity contribution in [2.24, 2.45) is 5.73 Å². The average Bonchev–Trinajstić information content (AvgIpc) is 2.87. The minimum atomic E-state index is -3.37. The summed E-state index contributed by atoms with van der Waals surface area (Å²) in [6, 6.07) is 6.70. The van der Waals surface area contributed by atoms with E-state index in [-0.39, 0.29) is 6.04 Å². The maximum Gasteiger partial charge on any atom is 0.243 e. The van der Waals surface area contributed by atoms with Crippen molar-refractivity contribution in [3.8, 4) is 5.75 Å². The van der Waals surface area contributed by atoms with Gasteiger partial charge in [0.15, 0.2) is 0 Å². The number of hydrogen-bond donors (Lipinski definition) is 1. The Morgan fingerprint density at radius 1 is 1.35 bits per heavy atom. The molecule has 0 bridgehead atoms. The second-order valence-corrected chi connectivity index (χ2v) is 6.96. The number of benzene rings is 1. The molecular formula is C14H22N2O3S. The first-order valence-electron chi connectivity index (χ1n) is 7.00. The Bertz CT molecular complexity index is 528. The van der Waals surface area contributed by atoms with Crippen LogP contribution in [0.4, 0.5) is 0 Å². The van der Waals surface area contributed by atoms with Crippen molar-refractivity contribution >= 4 is 10.0 Å². The lowest BCUT2D eigenvalue weighted by Crippen LogP contribution is -2.33. The van der Waals surface area contributed by atoms with E-state index in [1.54, 1.807) is 28.6 Å². The van der Waals surface area contributed by atoms with Crippen LogP contribution in [0.5, 0.6) is 5.75 Å². The Labute approximate surface area is 120 Å². The van der Waals surface area contributed by atoms with Crippen LogP contribution in [0.1, 0.15) is 26.2 Å². The van der Waals surface area contributed by atoms with Crippen LogP contribution in [0.15, 0.2) is 29.2 Å². The number of hydrogen-bond acceptors (Lipinski definition) is 4. The lowest BCUT2D eigenvalue weighted by Gasteiger charge is -2.21.